The second-order valence-electron chi connectivity index (χ2n) is 0.412. The van der Waals surface area contributed by atoms with Gasteiger partial charge in [-0.15, -0.1) is 0 Å². The third-order valence-electron chi connectivity index (χ3n) is 0.0870. The molecule has 0 aliphatic rings. The van der Waals surface area contributed by atoms with Crippen LogP contribution >= 0.6 is 0 Å². The molecule has 0 atom stereocenters. The van der Waals surface area contributed by atoms with Crippen molar-refractivity contribution in [3.63, 3.8) is 0 Å². The zero-order valence-corrected chi connectivity index (χ0v) is 3.23. The fourth-order valence-electron chi connectivity index (χ4n) is 0. The van der Waals surface area contributed by atoms with Gasteiger partial charge in [-0.2, -0.15) is 0 Å². The van der Waals surface area contributed by atoms with Crippen LogP contribution in [0, 0.1) is 0 Å². The van der Waals surface area contributed by atoms with E-state index in [0.717, 1.165) is 0 Å². The molecule has 5 heavy (non-hydrogen) atoms. The van der Waals surface area contributed by atoms with E-state index in [1.54, 1.807) is 6.08 Å². The first-order valence-electron chi connectivity index (χ1n) is 1.03. The van der Waals surface area contributed by atoms with Gasteiger partial charge in [0.15, 0.2) is 0 Å². The second-order valence-corrected chi connectivity index (χ2v) is 0.796. The van der Waals surface area contributed by atoms with Gasteiger partial charge in [0.25, 0.3) is 0 Å². The summed E-state index contributed by atoms with van der Waals surface area (Å²) in [5, 5.41) is 0.646. The molecule has 0 aliphatic heterocycles. The molecule has 0 nitrogen and oxygen atoms in total. The Morgan fingerprint density at radius 3 is 2.00 bits per heavy atom. The molecule has 0 rings (SSSR count). The average Bonchev–Trinajstić information content (AvgIpc) is 1.37. The van der Waals surface area contributed by atoms with Crippen LogP contribution in [0.5, 0.6) is 0 Å². The van der Waals surface area contributed by atoms with E-state index >= 15 is 0 Å². The molecule has 0 aromatic carbocycles. The van der Waals surface area contributed by atoms with Gasteiger partial charge in [-0.25, -0.2) is 0 Å². The summed E-state index contributed by atoms with van der Waals surface area (Å²) in [7, 11) is 0. The summed E-state index contributed by atoms with van der Waals surface area (Å²) in [6.07, 6.45) is 1.68. The molecule has 0 radical (unpaired) electrons. The van der Waals surface area contributed by atoms with Crippen molar-refractivity contribution >= 4 is 18.9 Å². The van der Waals surface area contributed by atoms with Crippen LogP contribution in [-0.4, -0.2) is 18.9 Å². The monoisotopic (exact) mass is 112 g/mol. The molecule has 0 N–H and O–H groups in total. The first-order chi connectivity index (χ1) is 1.91. The van der Waals surface area contributed by atoms with Crippen molar-refractivity contribution in [3.8, 4) is 0 Å². The van der Waals surface area contributed by atoms with Gasteiger partial charge in [-0.1, -0.05) is 0 Å². The van der Waals surface area contributed by atoms with E-state index in [9.17, 15) is 0 Å². The Hall–Kier alpha value is 0.857. The second kappa shape index (κ2) is 8.85. The Morgan fingerprint density at radius 2 is 2.00 bits per heavy atom. The minimum atomic E-state index is 0. The maximum atomic E-state index is 4.55. The van der Waals surface area contributed by atoms with Crippen molar-refractivity contribution in [1.82, 2.24) is 0 Å². The van der Waals surface area contributed by atoms with Gasteiger partial charge in [0.2, 0.25) is 0 Å². The quantitative estimate of drug-likeness (QED) is 0.342. The summed E-state index contributed by atoms with van der Waals surface area (Å²) in [5.74, 6) is 0. The van der Waals surface area contributed by atoms with Gasteiger partial charge in [-0.05, 0) is 0 Å². The van der Waals surface area contributed by atoms with Gasteiger partial charge in [-0.3, -0.25) is 0 Å². The summed E-state index contributed by atoms with van der Waals surface area (Å²) in [6, 6.07) is 0. The topological polar surface area (TPSA) is 0 Å². The van der Waals surface area contributed by atoms with Gasteiger partial charge < -0.3 is 0 Å². The van der Waals surface area contributed by atoms with Crippen LogP contribution in [0.1, 0.15) is 0 Å². The Balaban J connectivity index is 0. The normalized spacial score (nSPS) is 5.20. The Labute approximate surface area is 53.0 Å². The van der Waals surface area contributed by atoms with E-state index < -0.39 is 0 Å². The molecule has 0 aromatic rings. The van der Waals surface area contributed by atoms with E-state index in [1.165, 1.54) is 0 Å². The van der Waals surface area contributed by atoms with Crippen molar-refractivity contribution in [2.75, 3.05) is 0 Å². The van der Waals surface area contributed by atoms with Crippen LogP contribution in [0.4, 0.5) is 0 Å². The summed E-state index contributed by atoms with van der Waals surface area (Å²) < 4.78 is 0. The predicted molar refractivity (Wildman–Crippen MR) is 22.2 cm³/mol. The van der Waals surface area contributed by atoms with Gasteiger partial charge in [0.1, 0.15) is 0 Å². The Morgan fingerprint density at radius 1 is 1.80 bits per heavy atom. The maximum absolute atomic E-state index is 4.55. The molecule has 0 spiro atoms. The van der Waals surface area contributed by atoms with Crippen molar-refractivity contribution in [3.05, 3.63) is 12.7 Å². The molecule has 0 amide bonds. The zero-order valence-electron chi connectivity index (χ0n) is 2.29. The van der Waals surface area contributed by atoms with Crippen molar-refractivity contribution < 1.29 is 16.0 Å². The van der Waals surface area contributed by atoms with Crippen LogP contribution in [-0.2, 0) is 16.0 Å². The fourth-order valence-corrected chi connectivity index (χ4v) is 0. The van der Waals surface area contributed by atoms with Crippen molar-refractivity contribution in [2.45, 2.75) is 5.32 Å². The van der Waals surface area contributed by atoms with Crippen LogP contribution in [0.3, 0.4) is 0 Å². The molecule has 0 saturated heterocycles. The first-order valence-corrected chi connectivity index (χ1v) is 1.70. The van der Waals surface area contributed by atoms with Gasteiger partial charge in [0.05, 0.1) is 0 Å². The summed E-state index contributed by atoms with van der Waals surface area (Å²) in [4.78, 5) is 0. The summed E-state index contributed by atoms with van der Waals surface area (Å²) >= 11 is 4.55. The molecule has 0 bridgehead atoms. The fraction of sp³-hybridized carbons (Fsp3) is 0.333. The van der Waals surface area contributed by atoms with Crippen LogP contribution in [0.2, 0.25) is 5.32 Å². The first kappa shape index (κ1) is 9.29. The summed E-state index contributed by atoms with van der Waals surface area (Å²) in [6.45, 7) is 3.37. The summed E-state index contributed by atoms with van der Waals surface area (Å²) in [5.41, 5.74) is 0. The van der Waals surface area contributed by atoms with E-state index in [2.05, 4.69) is 22.6 Å². The molecule has 0 fully saturated rings. The number of hydrogen-bond acceptors (Lipinski definition) is 0. The number of hydrogen-bond donors (Lipinski definition) is 0. The third-order valence-corrected chi connectivity index (χ3v) is 0.359. The molecule has 30 valence electrons. The van der Waals surface area contributed by atoms with E-state index in [1.807, 2.05) is 0 Å². The molecule has 0 aliphatic carbocycles. The van der Waals surface area contributed by atoms with Gasteiger partial charge in [0, 0.05) is 0 Å². The van der Waals surface area contributed by atoms with Crippen LogP contribution in [0.15, 0.2) is 12.7 Å². The van der Waals surface area contributed by atoms with Crippen molar-refractivity contribution in [1.29, 1.82) is 0 Å². The van der Waals surface area contributed by atoms with Crippen LogP contribution < -0.4 is 0 Å². The zero-order chi connectivity index (χ0) is 3.41. The molecular formula is C3H6CuLi. The third kappa shape index (κ3) is 11.5. The van der Waals surface area contributed by atoms with E-state index in [4.69, 9.17) is 0 Å². The van der Waals surface area contributed by atoms with Crippen molar-refractivity contribution in [2.24, 2.45) is 0 Å². The van der Waals surface area contributed by atoms with Crippen LogP contribution in [0.25, 0.3) is 0 Å². The van der Waals surface area contributed by atoms with E-state index in [-0.39, 0.29) is 18.9 Å². The molecule has 0 heterocycles. The molecule has 0 saturated carbocycles. The van der Waals surface area contributed by atoms with Gasteiger partial charge >= 0.3 is 52.8 Å². The van der Waals surface area contributed by atoms with E-state index in [0.29, 0.717) is 5.32 Å². The SMILES string of the molecule is C=C[CH2][Cu].[LiH]. The molecule has 0 unspecified atom stereocenters. The molecule has 0 aromatic heterocycles. The average molecular weight is 113 g/mol. The standard InChI is InChI=1S/C3H5.Cu.Li.H/c1-3-2;;;/h3H,1-2H2;;;. The number of rotatable bonds is 1. The number of allylic oxidation sites excluding steroid dienone is 1. The Kier molecular flexibility index (Phi) is 16.4. The Bertz CT molecular complexity index is 20.9. The molecular weight excluding hydrogens is 107 g/mol. The minimum absolute atomic E-state index is 0. The predicted octanol–water partition coefficient (Wildman–Crippen LogP) is 0.489. The molecule has 2 heteroatoms.